The van der Waals surface area contributed by atoms with E-state index in [1.54, 1.807) is 17.0 Å². The van der Waals surface area contributed by atoms with Crippen molar-refractivity contribution in [2.24, 2.45) is 0 Å². The van der Waals surface area contributed by atoms with Crippen LogP contribution in [-0.4, -0.2) is 66.9 Å². The van der Waals surface area contributed by atoms with Crippen LogP contribution in [0.4, 0.5) is 14.9 Å². The first-order valence-electron chi connectivity index (χ1n) is 9.99. The van der Waals surface area contributed by atoms with Gasteiger partial charge in [-0.1, -0.05) is 30.3 Å². The predicted octanol–water partition coefficient (Wildman–Crippen LogP) is 2.95. The van der Waals surface area contributed by atoms with E-state index in [-0.39, 0.29) is 31.3 Å². The van der Waals surface area contributed by atoms with Crippen molar-refractivity contribution in [1.82, 2.24) is 9.80 Å². The van der Waals surface area contributed by atoms with Gasteiger partial charge in [-0.15, -0.1) is 0 Å². The highest BCUT2D eigenvalue weighted by Crippen LogP contribution is 2.26. The summed E-state index contributed by atoms with van der Waals surface area (Å²) in [5, 5.41) is 2.87. The van der Waals surface area contributed by atoms with Gasteiger partial charge in [-0.3, -0.25) is 4.79 Å². The van der Waals surface area contributed by atoms with Crippen molar-refractivity contribution in [3.8, 4) is 0 Å². The Balaban J connectivity index is 1.48. The summed E-state index contributed by atoms with van der Waals surface area (Å²) < 4.78 is 26.0. The number of carbonyl (C=O) groups is 2. The molecule has 2 aromatic carbocycles. The summed E-state index contributed by atoms with van der Waals surface area (Å²) in [6.45, 7) is 1.77. The third kappa shape index (κ3) is 4.44. The lowest BCUT2D eigenvalue weighted by Crippen LogP contribution is -2.60. The summed E-state index contributed by atoms with van der Waals surface area (Å²) in [6, 6.07) is 14.8. The van der Waals surface area contributed by atoms with Gasteiger partial charge >= 0.3 is 6.03 Å². The van der Waals surface area contributed by atoms with E-state index in [1.165, 1.54) is 17.0 Å². The number of carbonyl (C=O) groups excluding carboxylic acids is 2. The maximum absolute atomic E-state index is 14.1. The van der Waals surface area contributed by atoms with Gasteiger partial charge in [0.15, 0.2) is 0 Å². The lowest BCUT2D eigenvalue weighted by atomic mass is 10.1. The van der Waals surface area contributed by atoms with E-state index in [0.29, 0.717) is 31.8 Å². The van der Waals surface area contributed by atoms with Crippen molar-refractivity contribution in [2.45, 2.75) is 12.2 Å². The molecular weight excluding hydrogens is 389 g/mol. The van der Waals surface area contributed by atoms with Crippen molar-refractivity contribution in [3.05, 3.63) is 66.0 Å². The Bertz CT molecular complexity index is 910. The minimum absolute atomic E-state index is 0.0156. The van der Waals surface area contributed by atoms with Crippen molar-refractivity contribution < 1.29 is 23.5 Å². The number of amides is 3. The van der Waals surface area contributed by atoms with Gasteiger partial charge in [0.05, 0.1) is 31.9 Å². The third-order valence-electron chi connectivity index (χ3n) is 5.23. The highest BCUT2D eigenvalue weighted by molar-refractivity contribution is 5.94. The van der Waals surface area contributed by atoms with Gasteiger partial charge in [-0.05, 0) is 30.7 Å². The van der Waals surface area contributed by atoms with Crippen molar-refractivity contribution in [3.63, 3.8) is 0 Å². The molecule has 3 amide bonds. The topological polar surface area (TPSA) is 71.1 Å². The molecule has 2 aliphatic heterocycles. The second-order valence-electron chi connectivity index (χ2n) is 7.39. The summed E-state index contributed by atoms with van der Waals surface area (Å²) in [6.07, 6.45) is 0.647. The van der Waals surface area contributed by atoms with E-state index < -0.39 is 17.5 Å². The standard InChI is InChI=1S/C22H24FN3O4/c23-19-10-5-4-9-18(19)20(27)25-12-14-30-22(15-25)16-26(11-6-13-29-22)21(28)24-17-7-2-1-3-8-17/h1-5,7-10H,6,11-16H2,(H,24,28). The summed E-state index contributed by atoms with van der Waals surface area (Å²) >= 11 is 0. The molecule has 2 aliphatic rings. The van der Waals surface area contributed by atoms with Gasteiger partial charge in [0.25, 0.3) is 5.91 Å². The molecule has 158 valence electrons. The maximum Gasteiger partial charge on any atom is 0.322 e. The molecule has 30 heavy (non-hydrogen) atoms. The fourth-order valence-electron chi connectivity index (χ4n) is 3.75. The first-order chi connectivity index (χ1) is 14.6. The van der Waals surface area contributed by atoms with Crippen molar-refractivity contribution in [2.75, 3.05) is 44.7 Å². The lowest BCUT2D eigenvalue weighted by Gasteiger charge is -2.43. The summed E-state index contributed by atoms with van der Waals surface area (Å²) in [7, 11) is 0. The van der Waals surface area contributed by atoms with Gasteiger partial charge in [0.2, 0.25) is 5.79 Å². The average molecular weight is 413 g/mol. The number of morpholine rings is 1. The molecule has 8 heteroatoms. The van der Waals surface area contributed by atoms with Crippen LogP contribution in [0.5, 0.6) is 0 Å². The van der Waals surface area contributed by atoms with Gasteiger partial charge in [-0.2, -0.15) is 0 Å². The average Bonchev–Trinajstić information content (AvgIpc) is 2.97. The Hall–Kier alpha value is -2.97. The Morgan fingerprint density at radius 2 is 1.60 bits per heavy atom. The molecule has 0 bridgehead atoms. The number of nitrogens with zero attached hydrogens (tertiary/aromatic N) is 2. The Morgan fingerprint density at radius 3 is 2.40 bits per heavy atom. The molecule has 2 heterocycles. The van der Waals surface area contributed by atoms with Crippen LogP contribution in [0.1, 0.15) is 16.8 Å². The molecule has 2 fully saturated rings. The van der Waals surface area contributed by atoms with Gasteiger partial charge in [0, 0.05) is 18.8 Å². The quantitative estimate of drug-likeness (QED) is 0.822. The van der Waals surface area contributed by atoms with E-state index in [0.717, 1.165) is 0 Å². The van der Waals surface area contributed by atoms with Crippen LogP contribution in [0.3, 0.4) is 0 Å². The SMILES string of the molecule is O=C(Nc1ccccc1)N1CCCOC2(C1)CN(C(=O)c1ccccc1F)CCO2. The number of hydrogen-bond donors (Lipinski definition) is 1. The van der Waals surface area contributed by atoms with Crippen molar-refractivity contribution >= 4 is 17.6 Å². The van der Waals surface area contributed by atoms with Crippen LogP contribution in [0.15, 0.2) is 54.6 Å². The Kier molecular flexibility index (Phi) is 5.96. The Labute approximate surface area is 174 Å². The summed E-state index contributed by atoms with van der Waals surface area (Å²) in [5.41, 5.74) is 0.712. The zero-order chi connectivity index (χ0) is 21.0. The Morgan fingerprint density at radius 1 is 0.900 bits per heavy atom. The number of benzene rings is 2. The number of halogens is 1. The molecule has 0 aliphatic carbocycles. The molecule has 1 spiro atoms. The minimum atomic E-state index is -1.14. The molecule has 7 nitrogen and oxygen atoms in total. The van der Waals surface area contributed by atoms with Crippen LogP contribution in [-0.2, 0) is 9.47 Å². The molecule has 1 unspecified atom stereocenters. The van der Waals surface area contributed by atoms with Crippen LogP contribution < -0.4 is 5.32 Å². The van der Waals surface area contributed by atoms with E-state index >= 15 is 0 Å². The maximum atomic E-state index is 14.1. The fourth-order valence-corrected chi connectivity index (χ4v) is 3.75. The number of anilines is 1. The van der Waals surface area contributed by atoms with Gasteiger partial charge < -0.3 is 24.6 Å². The second kappa shape index (κ2) is 8.81. The van der Waals surface area contributed by atoms with Crippen molar-refractivity contribution in [1.29, 1.82) is 0 Å². The van der Waals surface area contributed by atoms with Crippen LogP contribution >= 0.6 is 0 Å². The fraction of sp³-hybridized carbons (Fsp3) is 0.364. The largest absolute Gasteiger partial charge is 0.347 e. The van der Waals surface area contributed by atoms with Crippen LogP contribution in [0.2, 0.25) is 0 Å². The zero-order valence-corrected chi connectivity index (χ0v) is 16.6. The van der Waals surface area contributed by atoms with Gasteiger partial charge in [-0.25, -0.2) is 9.18 Å². The number of urea groups is 1. The number of ether oxygens (including phenoxy) is 2. The zero-order valence-electron chi connectivity index (χ0n) is 16.6. The number of nitrogens with one attached hydrogen (secondary N) is 1. The molecule has 1 N–H and O–H groups in total. The monoisotopic (exact) mass is 413 g/mol. The molecule has 1 atom stereocenters. The molecule has 0 saturated carbocycles. The lowest BCUT2D eigenvalue weighted by molar-refractivity contribution is -0.258. The smallest absolute Gasteiger partial charge is 0.322 e. The minimum Gasteiger partial charge on any atom is -0.347 e. The van der Waals surface area contributed by atoms with E-state index in [2.05, 4.69) is 5.32 Å². The molecule has 0 aromatic heterocycles. The normalized spacial score (nSPS) is 21.9. The summed E-state index contributed by atoms with van der Waals surface area (Å²) in [4.78, 5) is 28.8. The second-order valence-corrected chi connectivity index (χ2v) is 7.39. The predicted molar refractivity (Wildman–Crippen MR) is 109 cm³/mol. The molecule has 0 radical (unpaired) electrons. The first-order valence-corrected chi connectivity index (χ1v) is 9.99. The molecule has 4 rings (SSSR count). The highest BCUT2D eigenvalue weighted by atomic mass is 19.1. The first kappa shape index (κ1) is 20.3. The summed E-state index contributed by atoms with van der Waals surface area (Å²) in [5.74, 6) is -2.11. The number of hydrogen-bond acceptors (Lipinski definition) is 4. The molecule has 2 aromatic rings. The van der Waals surface area contributed by atoms with Crippen LogP contribution in [0.25, 0.3) is 0 Å². The van der Waals surface area contributed by atoms with E-state index in [1.807, 2.05) is 30.3 Å². The highest BCUT2D eigenvalue weighted by Gasteiger charge is 2.43. The van der Waals surface area contributed by atoms with Crippen LogP contribution in [0, 0.1) is 5.82 Å². The number of rotatable bonds is 2. The molecular formula is C22H24FN3O4. The third-order valence-corrected chi connectivity index (χ3v) is 5.23. The van der Waals surface area contributed by atoms with E-state index in [9.17, 15) is 14.0 Å². The van der Waals surface area contributed by atoms with E-state index in [4.69, 9.17) is 9.47 Å². The number of para-hydroxylation sites is 1. The molecule has 2 saturated heterocycles. The van der Waals surface area contributed by atoms with Gasteiger partial charge in [0.1, 0.15) is 5.82 Å².